The van der Waals surface area contributed by atoms with Crippen LogP contribution < -0.4 is 5.32 Å². The van der Waals surface area contributed by atoms with Crippen LogP contribution in [0.15, 0.2) is 0 Å². The molecule has 0 aromatic heterocycles. The van der Waals surface area contributed by atoms with Crippen molar-refractivity contribution in [2.45, 2.75) is 59.0 Å². The zero-order valence-corrected chi connectivity index (χ0v) is 14.7. The zero-order valence-electron chi connectivity index (χ0n) is 14.7. The second-order valence-corrected chi connectivity index (χ2v) is 6.00. The van der Waals surface area contributed by atoms with Gasteiger partial charge in [0.2, 0.25) is 0 Å². The third kappa shape index (κ3) is 6.64. The number of rotatable bonds is 11. The van der Waals surface area contributed by atoms with E-state index in [9.17, 15) is 0 Å². The highest BCUT2D eigenvalue weighted by Gasteiger charge is 2.29. The SMILES string of the molecule is CCCNC1CCOCC1N(CC)CCCN(CC)CC. The molecule has 1 aliphatic heterocycles. The maximum absolute atomic E-state index is 5.75. The van der Waals surface area contributed by atoms with Gasteiger partial charge in [0.25, 0.3) is 0 Å². The molecule has 2 atom stereocenters. The molecule has 126 valence electrons. The van der Waals surface area contributed by atoms with Crippen LogP contribution in [0.4, 0.5) is 0 Å². The number of nitrogens with zero attached hydrogens (tertiary/aromatic N) is 2. The Morgan fingerprint density at radius 2 is 1.81 bits per heavy atom. The van der Waals surface area contributed by atoms with Gasteiger partial charge >= 0.3 is 0 Å². The zero-order chi connectivity index (χ0) is 15.5. The average molecular weight is 300 g/mol. The maximum atomic E-state index is 5.75. The Hall–Kier alpha value is -0.160. The molecule has 0 radical (unpaired) electrons. The summed E-state index contributed by atoms with van der Waals surface area (Å²) in [6.07, 6.45) is 3.61. The lowest BCUT2D eigenvalue weighted by molar-refractivity contribution is -0.00245. The third-order valence-corrected chi connectivity index (χ3v) is 4.67. The van der Waals surface area contributed by atoms with E-state index >= 15 is 0 Å². The fourth-order valence-corrected chi connectivity index (χ4v) is 3.25. The lowest BCUT2D eigenvalue weighted by Crippen LogP contribution is -2.55. The van der Waals surface area contributed by atoms with Crippen molar-refractivity contribution in [2.24, 2.45) is 0 Å². The molecular weight excluding hydrogens is 262 g/mol. The normalized spacial score (nSPS) is 23.1. The summed E-state index contributed by atoms with van der Waals surface area (Å²) in [6.45, 7) is 17.8. The molecule has 0 amide bonds. The number of nitrogens with one attached hydrogen (secondary N) is 1. The molecule has 1 rings (SSSR count). The molecule has 0 saturated carbocycles. The number of hydrogen-bond donors (Lipinski definition) is 1. The molecule has 2 unspecified atom stereocenters. The molecule has 0 aliphatic carbocycles. The van der Waals surface area contributed by atoms with Gasteiger partial charge in [-0.1, -0.05) is 27.7 Å². The van der Waals surface area contributed by atoms with E-state index in [-0.39, 0.29) is 0 Å². The summed E-state index contributed by atoms with van der Waals surface area (Å²) in [6, 6.07) is 1.15. The first kappa shape index (κ1) is 18.9. The van der Waals surface area contributed by atoms with Gasteiger partial charge in [-0.05, 0) is 58.5 Å². The van der Waals surface area contributed by atoms with Crippen LogP contribution in [-0.4, -0.2) is 74.4 Å². The summed E-state index contributed by atoms with van der Waals surface area (Å²) in [5.74, 6) is 0. The molecule has 1 saturated heterocycles. The first-order valence-electron chi connectivity index (χ1n) is 9.04. The summed E-state index contributed by atoms with van der Waals surface area (Å²) in [7, 11) is 0. The molecule has 4 nitrogen and oxygen atoms in total. The van der Waals surface area contributed by atoms with E-state index in [4.69, 9.17) is 4.74 Å². The topological polar surface area (TPSA) is 27.7 Å². The van der Waals surface area contributed by atoms with E-state index < -0.39 is 0 Å². The molecular formula is C17H37N3O. The fraction of sp³-hybridized carbons (Fsp3) is 1.00. The van der Waals surface area contributed by atoms with Crippen LogP contribution in [0.3, 0.4) is 0 Å². The first-order chi connectivity index (χ1) is 10.3. The monoisotopic (exact) mass is 299 g/mol. The largest absolute Gasteiger partial charge is 0.380 e. The molecule has 0 bridgehead atoms. The van der Waals surface area contributed by atoms with Crippen molar-refractivity contribution in [1.82, 2.24) is 15.1 Å². The van der Waals surface area contributed by atoms with Crippen molar-refractivity contribution in [3.8, 4) is 0 Å². The van der Waals surface area contributed by atoms with Crippen molar-refractivity contribution in [1.29, 1.82) is 0 Å². The molecule has 4 heteroatoms. The summed E-state index contributed by atoms with van der Waals surface area (Å²) >= 11 is 0. The molecule has 1 heterocycles. The van der Waals surface area contributed by atoms with Gasteiger partial charge in [0, 0.05) is 18.7 Å². The smallest absolute Gasteiger partial charge is 0.0637 e. The highest BCUT2D eigenvalue weighted by molar-refractivity contribution is 4.87. The minimum absolute atomic E-state index is 0.548. The standard InChI is InChI=1S/C17H37N3O/c1-5-11-18-16-10-14-21-15-17(16)20(8-4)13-9-12-19(6-2)7-3/h16-18H,5-15H2,1-4H3. The van der Waals surface area contributed by atoms with Crippen molar-refractivity contribution in [3.05, 3.63) is 0 Å². The second kappa shape index (κ2) is 11.4. The minimum Gasteiger partial charge on any atom is -0.380 e. The van der Waals surface area contributed by atoms with Gasteiger partial charge in [0.1, 0.15) is 0 Å². The van der Waals surface area contributed by atoms with Gasteiger partial charge in [-0.2, -0.15) is 0 Å². The van der Waals surface area contributed by atoms with Crippen LogP contribution in [-0.2, 0) is 4.74 Å². The molecule has 1 N–H and O–H groups in total. The van der Waals surface area contributed by atoms with Crippen molar-refractivity contribution in [3.63, 3.8) is 0 Å². The maximum Gasteiger partial charge on any atom is 0.0637 e. The van der Waals surface area contributed by atoms with E-state index in [1.165, 1.54) is 25.9 Å². The fourth-order valence-electron chi connectivity index (χ4n) is 3.25. The average Bonchev–Trinajstić information content (AvgIpc) is 2.54. The number of likely N-dealkylation sites (N-methyl/N-ethyl adjacent to an activating group) is 1. The third-order valence-electron chi connectivity index (χ3n) is 4.67. The Bertz CT molecular complexity index is 246. The van der Waals surface area contributed by atoms with Crippen LogP contribution in [0.5, 0.6) is 0 Å². The molecule has 1 fully saturated rings. The lowest BCUT2D eigenvalue weighted by Gasteiger charge is -2.40. The van der Waals surface area contributed by atoms with Crippen molar-refractivity contribution >= 4 is 0 Å². The van der Waals surface area contributed by atoms with Crippen LogP contribution in [0.2, 0.25) is 0 Å². The van der Waals surface area contributed by atoms with Crippen LogP contribution >= 0.6 is 0 Å². The van der Waals surface area contributed by atoms with E-state index in [2.05, 4.69) is 42.8 Å². The molecule has 0 aromatic carbocycles. The Morgan fingerprint density at radius 1 is 1.05 bits per heavy atom. The molecule has 21 heavy (non-hydrogen) atoms. The summed E-state index contributed by atoms with van der Waals surface area (Å²) < 4.78 is 5.75. The van der Waals surface area contributed by atoms with E-state index in [0.717, 1.165) is 45.8 Å². The molecule has 0 aromatic rings. The van der Waals surface area contributed by atoms with E-state index in [1.54, 1.807) is 0 Å². The summed E-state index contributed by atoms with van der Waals surface area (Å²) in [5, 5.41) is 3.73. The van der Waals surface area contributed by atoms with Gasteiger partial charge in [0.15, 0.2) is 0 Å². The van der Waals surface area contributed by atoms with E-state index in [1.807, 2.05) is 0 Å². The van der Waals surface area contributed by atoms with Crippen molar-refractivity contribution in [2.75, 3.05) is 52.5 Å². The Balaban J connectivity index is 2.43. The Kier molecular flexibility index (Phi) is 10.3. The quantitative estimate of drug-likeness (QED) is 0.633. The summed E-state index contributed by atoms with van der Waals surface area (Å²) in [5.41, 5.74) is 0. The Labute approximate surface area is 132 Å². The minimum atomic E-state index is 0.548. The van der Waals surface area contributed by atoms with Gasteiger partial charge in [-0.15, -0.1) is 0 Å². The second-order valence-electron chi connectivity index (χ2n) is 6.00. The lowest BCUT2D eigenvalue weighted by atomic mass is 10.0. The highest BCUT2D eigenvalue weighted by atomic mass is 16.5. The van der Waals surface area contributed by atoms with Crippen LogP contribution in [0.1, 0.15) is 47.0 Å². The van der Waals surface area contributed by atoms with Crippen LogP contribution in [0.25, 0.3) is 0 Å². The van der Waals surface area contributed by atoms with Gasteiger partial charge < -0.3 is 15.0 Å². The number of hydrogen-bond acceptors (Lipinski definition) is 4. The Morgan fingerprint density at radius 3 is 2.43 bits per heavy atom. The van der Waals surface area contributed by atoms with Crippen LogP contribution in [0, 0.1) is 0 Å². The molecule has 1 aliphatic rings. The highest BCUT2D eigenvalue weighted by Crippen LogP contribution is 2.15. The van der Waals surface area contributed by atoms with Gasteiger partial charge in [0.05, 0.1) is 6.61 Å². The van der Waals surface area contributed by atoms with Gasteiger partial charge in [-0.25, -0.2) is 0 Å². The van der Waals surface area contributed by atoms with Gasteiger partial charge in [-0.3, -0.25) is 4.90 Å². The predicted octanol–water partition coefficient (Wildman–Crippen LogP) is 2.20. The predicted molar refractivity (Wildman–Crippen MR) is 91.0 cm³/mol. The number of ether oxygens (including phenoxy) is 1. The van der Waals surface area contributed by atoms with Crippen molar-refractivity contribution < 1.29 is 4.74 Å². The molecule has 0 spiro atoms. The van der Waals surface area contributed by atoms with E-state index in [0.29, 0.717) is 12.1 Å². The first-order valence-corrected chi connectivity index (χ1v) is 9.04. The summed E-state index contributed by atoms with van der Waals surface area (Å²) in [4.78, 5) is 5.13.